The summed E-state index contributed by atoms with van der Waals surface area (Å²) in [7, 11) is 3.13. The normalized spacial score (nSPS) is 13.5. The van der Waals surface area contributed by atoms with Crippen LogP contribution in [0.4, 0.5) is 0 Å². The van der Waals surface area contributed by atoms with E-state index in [1.165, 1.54) is 11.4 Å². The number of allylic oxidation sites excluding steroid dienone is 1. The lowest BCUT2D eigenvalue weighted by molar-refractivity contribution is 0.354. The largest absolute Gasteiger partial charge is 0.325 e. The van der Waals surface area contributed by atoms with E-state index in [1.54, 1.807) is 14.2 Å². The molecule has 0 fully saturated rings. The minimum absolute atomic E-state index is 0.730. The highest BCUT2D eigenvalue weighted by atomic mass is 35.5. The molecular formula is C6H12ClO2PS2. The third-order valence-corrected chi connectivity index (χ3v) is 6.86. The molecule has 12 heavy (non-hydrogen) atoms. The number of hydrogen-bond acceptors (Lipinski definition) is 4. The van der Waals surface area contributed by atoms with Crippen LogP contribution < -0.4 is 0 Å². The van der Waals surface area contributed by atoms with Crippen LogP contribution in [0.1, 0.15) is 6.92 Å². The Morgan fingerprint density at radius 3 is 2.42 bits per heavy atom. The molecule has 72 valence electrons. The van der Waals surface area contributed by atoms with E-state index in [0.29, 0.717) is 0 Å². The Morgan fingerprint density at radius 2 is 2.08 bits per heavy atom. The Kier molecular flexibility index (Phi) is 6.92. The van der Waals surface area contributed by atoms with Gasteiger partial charge < -0.3 is 9.05 Å². The Hall–Kier alpha value is 0.950. The van der Waals surface area contributed by atoms with Crippen molar-refractivity contribution < 1.29 is 9.05 Å². The van der Waals surface area contributed by atoms with Gasteiger partial charge in [-0.2, -0.15) is 0 Å². The molecule has 0 saturated heterocycles. The van der Waals surface area contributed by atoms with Gasteiger partial charge >= 0.3 is 0 Å². The van der Waals surface area contributed by atoms with Crippen molar-refractivity contribution in [3.63, 3.8) is 0 Å². The van der Waals surface area contributed by atoms with Crippen molar-refractivity contribution in [2.24, 2.45) is 0 Å². The van der Waals surface area contributed by atoms with E-state index in [0.717, 1.165) is 10.8 Å². The number of halogens is 1. The van der Waals surface area contributed by atoms with E-state index in [-0.39, 0.29) is 0 Å². The standard InChI is InChI=1S/C6H12ClO2PS2/c1-6(7)4-5-12-10(11,8-2)9-3/h4H,5H2,1-3H3/b6-4-. The fourth-order valence-electron chi connectivity index (χ4n) is 0.423. The first-order valence-electron chi connectivity index (χ1n) is 3.22. The van der Waals surface area contributed by atoms with Gasteiger partial charge in [-0.3, -0.25) is 0 Å². The van der Waals surface area contributed by atoms with Crippen LogP contribution in [0.2, 0.25) is 0 Å². The van der Waals surface area contributed by atoms with Gasteiger partial charge in [0.1, 0.15) is 0 Å². The van der Waals surface area contributed by atoms with E-state index in [4.69, 9.17) is 32.5 Å². The van der Waals surface area contributed by atoms with Crippen molar-refractivity contribution in [3.8, 4) is 0 Å². The zero-order chi connectivity index (χ0) is 9.61. The fourth-order valence-corrected chi connectivity index (χ4v) is 3.41. The van der Waals surface area contributed by atoms with Crippen LogP contribution >= 0.6 is 28.7 Å². The van der Waals surface area contributed by atoms with Gasteiger partial charge in [-0.15, -0.1) is 0 Å². The molecule has 0 aromatic carbocycles. The third kappa shape index (κ3) is 5.57. The summed E-state index contributed by atoms with van der Waals surface area (Å²) in [6, 6.07) is 0. The molecule has 0 saturated carbocycles. The molecule has 0 N–H and O–H groups in total. The van der Waals surface area contributed by atoms with Gasteiger partial charge in [0.15, 0.2) is 0 Å². The maximum absolute atomic E-state index is 5.64. The molecule has 0 spiro atoms. The lowest BCUT2D eigenvalue weighted by atomic mass is 10.6. The lowest BCUT2D eigenvalue weighted by Crippen LogP contribution is -1.83. The Balaban J connectivity index is 3.90. The Bertz CT molecular complexity index is 196. The lowest BCUT2D eigenvalue weighted by Gasteiger charge is -2.15. The van der Waals surface area contributed by atoms with Crippen LogP contribution in [0, 0.1) is 0 Å². The summed E-state index contributed by atoms with van der Waals surface area (Å²) in [5, 5.41) is 0.760. The highest BCUT2D eigenvalue weighted by molar-refractivity contribution is 8.67. The van der Waals surface area contributed by atoms with Gasteiger partial charge in [0, 0.05) is 25.0 Å². The van der Waals surface area contributed by atoms with Gasteiger partial charge in [-0.25, -0.2) is 0 Å². The first-order valence-corrected chi connectivity index (χ1v) is 7.83. The molecule has 2 nitrogen and oxygen atoms in total. The van der Waals surface area contributed by atoms with E-state index in [2.05, 4.69) is 0 Å². The molecule has 0 bridgehead atoms. The van der Waals surface area contributed by atoms with Crippen molar-refractivity contribution in [1.29, 1.82) is 0 Å². The molecule has 0 unspecified atom stereocenters. The minimum atomic E-state index is -2.09. The fraction of sp³-hybridized carbons (Fsp3) is 0.667. The summed E-state index contributed by atoms with van der Waals surface area (Å²) in [5.74, 6) is 0.730. The van der Waals surface area contributed by atoms with Crippen molar-refractivity contribution in [3.05, 3.63) is 11.1 Å². The number of hydrogen-bond donors (Lipinski definition) is 0. The highest BCUT2D eigenvalue weighted by Gasteiger charge is 2.14. The van der Waals surface area contributed by atoms with Crippen LogP contribution in [-0.2, 0) is 20.9 Å². The molecule has 0 aromatic heterocycles. The Morgan fingerprint density at radius 1 is 1.58 bits per heavy atom. The summed E-state index contributed by atoms with van der Waals surface area (Å²) in [6.45, 7) is 1.82. The summed E-state index contributed by atoms with van der Waals surface area (Å²) in [6.07, 6.45) is 1.88. The number of rotatable bonds is 5. The van der Waals surface area contributed by atoms with Crippen molar-refractivity contribution >= 4 is 40.5 Å². The maximum atomic E-state index is 5.64. The molecule has 0 aliphatic heterocycles. The third-order valence-electron chi connectivity index (χ3n) is 1.04. The molecule has 6 heteroatoms. The monoisotopic (exact) mass is 246 g/mol. The molecule has 0 amide bonds. The summed E-state index contributed by atoms with van der Waals surface area (Å²) in [5.41, 5.74) is -2.09. The first-order chi connectivity index (χ1) is 5.54. The second-order valence-electron chi connectivity index (χ2n) is 1.90. The van der Waals surface area contributed by atoms with Crippen LogP contribution in [-0.4, -0.2) is 20.0 Å². The second-order valence-corrected chi connectivity index (χ2v) is 9.06. The van der Waals surface area contributed by atoms with Crippen molar-refractivity contribution in [2.45, 2.75) is 6.92 Å². The van der Waals surface area contributed by atoms with E-state index in [1.807, 2.05) is 13.0 Å². The van der Waals surface area contributed by atoms with Crippen molar-refractivity contribution in [1.82, 2.24) is 0 Å². The highest BCUT2D eigenvalue weighted by Crippen LogP contribution is 2.59. The van der Waals surface area contributed by atoms with Crippen LogP contribution in [0.15, 0.2) is 11.1 Å². The Labute approximate surface area is 87.6 Å². The zero-order valence-electron chi connectivity index (χ0n) is 7.24. The molecule has 0 heterocycles. The minimum Gasteiger partial charge on any atom is -0.325 e. The molecule has 0 atom stereocenters. The predicted molar refractivity (Wildman–Crippen MR) is 60.4 cm³/mol. The van der Waals surface area contributed by atoms with E-state index in [9.17, 15) is 0 Å². The van der Waals surface area contributed by atoms with Gasteiger partial charge in [-0.05, 0) is 18.7 Å². The van der Waals surface area contributed by atoms with E-state index < -0.39 is 5.69 Å². The second kappa shape index (κ2) is 6.41. The topological polar surface area (TPSA) is 18.5 Å². The van der Waals surface area contributed by atoms with Crippen molar-refractivity contribution in [2.75, 3.05) is 20.0 Å². The van der Waals surface area contributed by atoms with Crippen LogP contribution in [0.3, 0.4) is 0 Å². The summed E-state index contributed by atoms with van der Waals surface area (Å²) < 4.78 is 10.1. The molecule has 0 aliphatic rings. The quantitative estimate of drug-likeness (QED) is 0.692. The molecule has 0 radical (unpaired) electrons. The molecule has 0 aromatic rings. The van der Waals surface area contributed by atoms with Crippen LogP contribution in [0.5, 0.6) is 0 Å². The van der Waals surface area contributed by atoms with Gasteiger partial charge in [-0.1, -0.05) is 29.1 Å². The average Bonchev–Trinajstić information content (AvgIpc) is 2.03. The van der Waals surface area contributed by atoms with Crippen LogP contribution in [0.25, 0.3) is 0 Å². The predicted octanol–water partition coefficient (Wildman–Crippen LogP) is 3.38. The van der Waals surface area contributed by atoms with Gasteiger partial charge in [0.2, 0.25) is 5.69 Å². The smallest absolute Gasteiger partial charge is 0.247 e. The molecule has 0 rings (SSSR count). The summed E-state index contributed by atoms with van der Waals surface area (Å²) in [4.78, 5) is 0. The van der Waals surface area contributed by atoms with E-state index >= 15 is 0 Å². The summed E-state index contributed by atoms with van der Waals surface area (Å²) >= 11 is 12.2. The van der Waals surface area contributed by atoms with Gasteiger partial charge in [0.05, 0.1) is 0 Å². The first kappa shape index (κ1) is 12.9. The maximum Gasteiger partial charge on any atom is 0.247 e. The van der Waals surface area contributed by atoms with Gasteiger partial charge in [0.25, 0.3) is 0 Å². The molecule has 0 aliphatic carbocycles. The zero-order valence-corrected chi connectivity index (χ0v) is 10.5. The average molecular weight is 247 g/mol. The molecular weight excluding hydrogens is 235 g/mol. The SMILES string of the molecule is COP(=S)(OC)SC/C=C(/C)Cl.